The number of carbonyl (C=O) groups is 2. The molecule has 0 aromatic carbocycles. The van der Waals surface area contributed by atoms with Gasteiger partial charge in [-0.1, -0.05) is 0 Å². The largest absolute Gasteiger partial charge is 0.465 e. The molecular weight excluding hydrogens is 415 g/mol. The zero-order valence-corrected chi connectivity index (χ0v) is 16.3. The summed E-state index contributed by atoms with van der Waals surface area (Å²) >= 11 is 4.96. The molecule has 0 saturated heterocycles. The number of thiocarbonyl (C=S) groups is 1. The number of aromatic nitrogens is 3. The first-order valence-corrected chi connectivity index (χ1v) is 8.44. The number of nitrogens with zero attached hydrogens (tertiary/aromatic N) is 3. The summed E-state index contributed by atoms with van der Waals surface area (Å²) in [6.45, 7) is 3.16. The number of hydrogen-bond donors (Lipinski definition) is 2. The van der Waals surface area contributed by atoms with E-state index in [1.807, 2.05) is 0 Å². The molecule has 0 bridgehead atoms. The van der Waals surface area contributed by atoms with Crippen LogP contribution >= 0.6 is 12.2 Å². The maximum atomic E-state index is 12.8. The molecule has 2 aromatic rings. The lowest BCUT2D eigenvalue weighted by molar-refractivity contribution is -0.141. The molecule has 2 aromatic heterocycles. The first-order valence-electron chi connectivity index (χ1n) is 8.03. The van der Waals surface area contributed by atoms with Crippen LogP contribution in [0.4, 0.5) is 23.8 Å². The van der Waals surface area contributed by atoms with Crippen LogP contribution in [0.15, 0.2) is 18.5 Å². The van der Waals surface area contributed by atoms with E-state index in [9.17, 15) is 22.8 Å². The van der Waals surface area contributed by atoms with E-state index in [1.165, 1.54) is 13.1 Å². The minimum atomic E-state index is -4.59. The van der Waals surface area contributed by atoms with Crippen molar-refractivity contribution in [3.05, 3.63) is 35.3 Å². The molecule has 2 N–H and O–H groups in total. The van der Waals surface area contributed by atoms with Gasteiger partial charge in [-0.05, 0) is 37.7 Å². The van der Waals surface area contributed by atoms with Crippen LogP contribution in [0.1, 0.15) is 28.5 Å². The number of amides is 1. The number of anilines is 1. The number of nitrogens with one attached hydrogen (secondary N) is 2. The highest BCUT2D eigenvalue weighted by molar-refractivity contribution is 7.80. The molecule has 0 unspecified atom stereocenters. The number of methoxy groups -OCH3 is 1. The fourth-order valence-corrected chi connectivity index (χ4v) is 2.37. The van der Waals surface area contributed by atoms with E-state index in [-0.39, 0.29) is 34.4 Å². The molecule has 2 heterocycles. The van der Waals surface area contributed by atoms with Crippen LogP contribution in [0.3, 0.4) is 0 Å². The van der Waals surface area contributed by atoms with Crippen LogP contribution in [-0.4, -0.2) is 45.7 Å². The van der Waals surface area contributed by atoms with Gasteiger partial charge in [0.2, 0.25) is 0 Å². The fraction of sp³-hybridized carbons (Fsp3) is 0.312. The maximum Gasteiger partial charge on any atom is 0.433 e. The average Bonchev–Trinajstić information content (AvgIpc) is 3.03. The van der Waals surface area contributed by atoms with E-state index in [1.54, 1.807) is 6.92 Å². The van der Waals surface area contributed by atoms with Gasteiger partial charge >= 0.3 is 18.2 Å². The van der Waals surface area contributed by atoms with Crippen molar-refractivity contribution in [3.8, 4) is 5.69 Å². The quantitative estimate of drug-likeness (QED) is 0.562. The summed E-state index contributed by atoms with van der Waals surface area (Å²) in [5.41, 5.74) is -0.720. The van der Waals surface area contributed by atoms with E-state index in [2.05, 4.69) is 30.2 Å². The number of ether oxygens (including phenoxy) is 2. The highest BCUT2D eigenvalue weighted by atomic mass is 32.1. The summed E-state index contributed by atoms with van der Waals surface area (Å²) in [4.78, 5) is 26.8. The summed E-state index contributed by atoms with van der Waals surface area (Å²) in [5.74, 6) is -0.867. The van der Waals surface area contributed by atoms with E-state index in [0.717, 1.165) is 24.1 Å². The van der Waals surface area contributed by atoms with E-state index >= 15 is 0 Å². The van der Waals surface area contributed by atoms with Crippen LogP contribution in [0.2, 0.25) is 0 Å². The summed E-state index contributed by atoms with van der Waals surface area (Å²) in [5, 5.41) is 8.66. The van der Waals surface area contributed by atoms with E-state index in [0.29, 0.717) is 0 Å². The maximum absolute atomic E-state index is 12.8. The number of esters is 1. The number of hydrogen-bond acceptors (Lipinski definition) is 7. The van der Waals surface area contributed by atoms with Gasteiger partial charge in [0, 0.05) is 6.20 Å². The lowest BCUT2D eigenvalue weighted by Gasteiger charge is -2.10. The Balaban J connectivity index is 2.37. The Morgan fingerprint density at radius 2 is 2.03 bits per heavy atom. The third-order valence-corrected chi connectivity index (χ3v) is 3.67. The minimum Gasteiger partial charge on any atom is -0.465 e. The highest BCUT2D eigenvalue weighted by Gasteiger charge is 2.33. The standard InChI is InChI=1S/C16H16F3N5O4S/c1-4-28-15(26)22-14(29)21-12-9(13(25)27-3)7-24(23-12)10-6-20-11(5-8(10)2)16(17,18)19/h5-7H,4H2,1-3H3,(H2,21,22,23,26,29). The first kappa shape index (κ1) is 22.1. The average molecular weight is 431 g/mol. The molecule has 0 fully saturated rings. The van der Waals surface area contributed by atoms with Crippen molar-refractivity contribution >= 4 is 35.2 Å². The Bertz CT molecular complexity index is 945. The van der Waals surface area contributed by atoms with Crippen molar-refractivity contribution in [1.29, 1.82) is 0 Å². The summed E-state index contributed by atoms with van der Waals surface area (Å²) in [7, 11) is 1.14. The van der Waals surface area contributed by atoms with Crippen molar-refractivity contribution in [3.63, 3.8) is 0 Å². The van der Waals surface area contributed by atoms with Crippen molar-refractivity contribution in [2.45, 2.75) is 20.0 Å². The molecular formula is C16H16F3N5O4S. The van der Waals surface area contributed by atoms with Crippen LogP contribution in [0.5, 0.6) is 0 Å². The Morgan fingerprint density at radius 3 is 2.59 bits per heavy atom. The molecule has 2 rings (SSSR count). The molecule has 0 atom stereocenters. The van der Waals surface area contributed by atoms with Gasteiger partial charge in [0.1, 0.15) is 11.3 Å². The molecule has 29 heavy (non-hydrogen) atoms. The van der Waals surface area contributed by atoms with Gasteiger partial charge < -0.3 is 14.8 Å². The van der Waals surface area contributed by atoms with Crippen molar-refractivity contribution < 1.29 is 32.2 Å². The SMILES string of the molecule is CCOC(=O)NC(=S)Nc1nn(-c2cnc(C(F)(F)F)cc2C)cc1C(=O)OC. The predicted octanol–water partition coefficient (Wildman–Crippen LogP) is 2.82. The topological polar surface area (TPSA) is 107 Å². The lowest BCUT2D eigenvalue weighted by atomic mass is 10.2. The normalized spacial score (nSPS) is 11.0. The minimum absolute atomic E-state index is 0.0696. The second kappa shape index (κ2) is 8.86. The van der Waals surface area contributed by atoms with Gasteiger partial charge in [0.25, 0.3) is 0 Å². The zero-order valence-electron chi connectivity index (χ0n) is 15.5. The number of carbonyl (C=O) groups excluding carboxylic acids is 2. The number of alkyl carbamates (subject to hydrolysis) is 1. The molecule has 0 aliphatic rings. The smallest absolute Gasteiger partial charge is 0.433 e. The Labute approximate surface area is 168 Å². The first-order chi connectivity index (χ1) is 13.6. The van der Waals surface area contributed by atoms with Crippen molar-refractivity contribution in [2.24, 2.45) is 0 Å². The molecule has 0 aliphatic carbocycles. The fourth-order valence-electron chi connectivity index (χ4n) is 2.19. The summed E-state index contributed by atoms with van der Waals surface area (Å²) in [6.07, 6.45) is -3.20. The lowest BCUT2D eigenvalue weighted by Crippen LogP contribution is -2.35. The van der Waals surface area contributed by atoms with Crippen LogP contribution in [0, 0.1) is 6.92 Å². The Kier molecular flexibility index (Phi) is 6.74. The molecule has 0 saturated carbocycles. The van der Waals surface area contributed by atoms with Gasteiger partial charge in [0.05, 0.1) is 25.6 Å². The number of aryl methyl sites for hydroxylation is 1. The molecule has 9 nitrogen and oxygen atoms in total. The molecule has 0 spiro atoms. The monoisotopic (exact) mass is 431 g/mol. The number of pyridine rings is 1. The second-order valence-electron chi connectivity index (χ2n) is 5.48. The zero-order chi connectivity index (χ0) is 21.8. The number of halogens is 3. The Morgan fingerprint density at radius 1 is 1.34 bits per heavy atom. The van der Waals surface area contributed by atoms with Crippen molar-refractivity contribution in [1.82, 2.24) is 20.1 Å². The Hall–Kier alpha value is -3.22. The van der Waals surface area contributed by atoms with Gasteiger partial charge in [-0.3, -0.25) is 5.32 Å². The van der Waals surface area contributed by atoms with Gasteiger partial charge in [-0.25, -0.2) is 19.3 Å². The van der Waals surface area contributed by atoms with Crippen LogP contribution < -0.4 is 10.6 Å². The van der Waals surface area contributed by atoms with Gasteiger partial charge in [0.15, 0.2) is 10.9 Å². The molecule has 1 amide bonds. The molecule has 156 valence electrons. The van der Waals surface area contributed by atoms with E-state index in [4.69, 9.17) is 12.2 Å². The summed E-state index contributed by atoms with van der Waals surface area (Å²) < 4.78 is 48.9. The predicted molar refractivity (Wildman–Crippen MR) is 98.8 cm³/mol. The molecule has 0 radical (unpaired) electrons. The third-order valence-electron chi connectivity index (χ3n) is 3.46. The molecule has 13 heteroatoms. The van der Waals surface area contributed by atoms with E-state index < -0.39 is 23.9 Å². The van der Waals surface area contributed by atoms with Crippen LogP contribution in [-0.2, 0) is 15.7 Å². The van der Waals surface area contributed by atoms with Crippen LogP contribution in [0.25, 0.3) is 5.69 Å². The summed E-state index contributed by atoms with van der Waals surface area (Å²) in [6, 6.07) is 0.856. The number of rotatable bonds is 4. The second-order valence-corrected chi connectivity index (χ2v) is 5.89. The van der Waals surface area contributed by atoms with Gasteiger partial charge in [-0.2, -0.15) is 13.2 Å². The number of alkyl halides is 3. The van der Waals surface area contributed by atoms with Crippen molar-refractivity contribution in [2.75, 3.05) is 19.0 Å². The third kappa shape index (κ3) is 5.40. The molecule has 0 aliphatic heterocycles. The van der Waals surface area contributed by atoms with Gasteiger partial charge in [-0.15, -0.1) is 5.10 Å². The highest BCUT2D eigenvalue weighted by Crippen LogP contribution is 2.29.